The summed E-state index contributed by atoms with van der Waals surface area (Å²) in [5, 5.41) is 3.53. The third-order valence-corrected chi connectivity index (χ3v) is 8.25. The summed E-state index contributed by atoms with van der Waals surface area (Å²) >= 11 is 0. The van der Waals surface area contributed by atoms with Gasteiger partial charge in [-0.1, -0.05) is 36.4 Å². The molecule has 0 aromatic heterocycles. The zero-order valence-electron chi connectivity index (χ0n) is 26.3. The van der Waals surface area contributed by atoms with E-state index in [1.54, 1.807) is 7.11 Å². The summed E-state index contributed by atoms with van der Waals surface area (Å²) in [5.74, 6) is 3.03. The van der Waals surface area contributed by atoms with Gasteiger partial charge in [0, 0.05) is 44.2 Å². The summed E-state index contributed by atoms with van der Waals surface area (Å²) in [6.45, 7) is 10.4. The van der Waals surface area contributed by atoms with Crippen molar-refractivity contribution >= 4 is 5.69 Å². The van der Waals surface area contributed by atoms with E-state index in [0.717, 1.165) is 93.8 Å². The molecule has 44 heavy (non-hydrogen) atoms. The SMILES string of the molecule is CCOCCCN1CCOc2ccc(COC3CNCCC3c3ccc(OCCCOCc4ccccc4OC)cc3)cc21. The number of benzene rings is 3. The van der Waals surface area contributed by atoms with Crippen molar-refractivity contribution in [2.75, 3.05) is 71.2 Å². The maximum atomic E-state index is 6.56. The molecule has 1 N–H and O–H groups in total. The van der Waals surface area contributed by atoms with Gasteiger partial charge in [0.05, 0.1) is 51.9 Å². The van der Waals surface area contributed by atoms with Crippen molar-refractivity contribution in [1.82, 2.24) is 5.32 Å². The molecular weight excluding hydrogens is 556 g/mol. The van der Waals surface area contributed by atoms with Gasteiger partial charge in [-0.15, -0.1) is 0 Å². The third-order valence-electron chi connectivity index (χ3n) is 8.25. The highest BCUT2D eigenvalue weighted by atomic mass is 16.5. The van der Waals surface area contributed by atoms with E-state index >= 15 is 0 Å². The quantitative estimate of drug-likeness (QED) is 0.189. The Bertz CT molecular complexity index is 1270. The predicted molar refractivity (Wildman–Crippen MR) is 173 cm³/mol. The van der Waals surface area contributed by atoms with Crippen molar-refractivity contribution in [3.8, 4) is 17.2 Å². The summed E-state index contributed by atoms with van der Waals surface area (Å²) in [6.07, 6.45) is 2.97. The van der Waals surface area contributed by atoms with Crippen LogP contribution in [0.2, 0.25) is 0 Å². The molecule has 3 aromatic carbocycles. The molecule has 5 rings (SSSR count). The van der Waals surface area contributed by atoms with Crippen LogP contribution < -0.4 is 24.4 Å². The number of hydrogen-bond acceptors (Lipinski definition) is 8. The van der Waals surface area contributed by atoms with E-state index in [1.807, 2.05) is 31.2 Å². The highest BCUT2D eigenvalue weighted by molar-refractivity contribution is 5.61. The Morgan fingerprint density at radius 3 is 2.66 bits per heavy atom. The standard InChI is InChI=1S/C36H48N2O6/c1-3-40-20-6-18-38-19-23-43-35-15-10-28(24-33(35)38)26-44-36-25-37-17-16-32(36)29-11-13-31(14-12-29)42-22-7-21-41-27-30-8-4-5-9-34(30)39-2/h4-5,8-15,24,32,36-37H,3,6-7,16-23,25-27H2,1-2H3. The Labute approximate surface area is 262 Å². The second-order valence-corrected chi connectivity index (χ2v) is 11.3. The first-order valence-electron chi connectivity index (χ1n) is 16.1. The Balaban J connectivity index is 1.08. The lowest BCUT2D eigenvalue weighted by Gasteiger charge is -2.33. The number of hydrogen-bond donors (Lipinski definition) is 1. The molecule has 0 saturated carbocycles. The van der Waals surface area contributed by atoms with Crippen LogP contribution in [0, 0.1) is 0 Å². The monoisotopic (exact) mass is 604 g/mol. The Hall–Kier alpha value is -3.30. The van der Waals surface area contributed by atoms with Gasteiger partial charge in [0.2, 0.25) is 0 Å². The molecular formula is C36H48N2O6. The van der Waals surface area contributed by atoms with Crippen LogP contribution in [-0.4, -0.2) is 72.4 Å². The van der Waals surface area contributed by atoms with E-state index in [9.17, 15) is 0 Å². The van der Waals surface area contributed by atoms with E-state index in [1.165, 1.54) is 11.1 Å². The first-order valence-corrected chi connectivity index (χ1v) is 16.1. The summed E-state index contributed by atoms with van der Waals surface area (Å²) in [4.78, 5) is 2.41. The minimum Gasteiger partial charge on any atom is -0.496 e. The van der Waals surface area contributed by atoms with Gasteiger partial charge in [0.25, 0.3) is 0 Å². The summed E-state index contributed by atoms with van der Waals surface area (Å²) in [7, 11) is 1.68. The Morgan fingerprint density at radius 2 is 1.80 bits per heavy atom. The second kappa shape index (κ2) is 17.3. The zero-order chi connectivity index (χ0) is 30.4. The van der Waals surface area contributed by atoms with E-state index in [0.29, 0.717) is 32.3 Å². The average molecular weight is 605 g/mol. The molecule has 2 atom stereocenters. The van der Waals surface area contributed by atoms with Crippen LogP contribution >= 0.6 is 0 Å². The lowest BCUT2D eigenvalue weighted by molar-refractivity contribution is 0.0106. The maximum absolute atomic E-state index is 6.56. The molecule has 0 aliphatic carbocycles. The number of ether oxygens (including phenoxy) is 6. The number of para-hydroxylation sites is 1. The van der Waals surface area contributed by atoms with Crippen LogP contribution in [0.1, 0.15) is 48.8 Å². The third kappa shape index (κ3) is 9.11. The van der Waals surface area contributed by atoms with E-state index in [2.05, 4.69) is 52.7 Å². The maximum Gasteiger partial charge on any atom is 0.142 e. The summed E-state index contributed by atoms with van der Waals surface area (Å²) in [6, 6.07) is 22.9. The molecule has 2 aliphatic heterocycles. The lowest BCUT2D eigenvalue weighted by atomic mass is 9.87. The topological polar surface area (TPSA) is 70.7 Å². The van der Waals surface area contributed by atoms with Crippen LogP contribution in [0.4, 0.5) is 5.69 Å². The highest BCUT2D eigenvalue weighted by Gasteiger charge is 2.27. The number of anilines is 1. The largest absolute Gasteiger partial charge is 0.496 e. The van der Waals surface area contributed by atoms with Gasteiger partial charge in [0.1, 0.15) is 23.9 Å². The fraction of sp³-hybridized carbons (Fsp3) is 0.500. The molecule has 0 amide bonds. The number of nitrogens with one attached hydrogen (secondary N) is 1. The average Bonchev–Trinajstić information content (AvgIpc) is 3.08. The van der Waals surface area contributed by atoms with Gasteiger partial charge in [-0.3, -0.25) is 0 Å². The summed E-state index contributed by atoms with van der Waals surface area (Å²) < 4.78 is 35.3. The fourth-order valence-corrected chi connectivity index (χ4v) is 5.90. The van der Waals surface area contributed by atoms with E-state index in [4.69, 9.17) is 28.4 Å². The molecule has 2 heterocycles. The molecule has 8 heteroatoms. The Morgan fingerprint density at radius 1 is 0.932 bits per heavy atom. The van der Waals surface area contributed by atoms with Crippen LogP contribution in [0.25, 0.3) is 0 Å². The van der Waals surface area contributed by atoms with Gasteiger partial charge in [0.15, 0.2) is 0 Å². The number of fused-ring (bicyclic) bond motifs is 1. The van der Waals surface area contributed by atoms with Crippen molar-refractivity contribution in [2.24, 2.45) is 0 Å². The van der Waals surface area contributed by atoms with Gasteiger partial charge in [-0.05, 0) is 67.8 Å². The minimum absolute atomic E-state index is 0.102. The lowest BCUT2D eigenvalue weighted by Crippen LogP contribution is -2.41. The number of rotatable bonds is 17. The van der Waals surface area contributed by atoms with Crippen molar-refractivity contribution < 1.29 is 28.4 Å². The van der Waals surface area contributed by atoms with Crippen LogP contribution in [0.3, 0.4) is 0 Å². The number of piperidine rings is 1. The van der Waals surface area contributed by atoms with Gasteiger partial charge >= 0.3 is 0 Å². The van der Waals surface area contributed by atoms with Crippen molar-refractivity contribution in [2.45, 2.75) is 51.4 Å². The molecule has 0 spiro atoms. The van der Waals surface area contributed by atoms with Crippen LogP contribution in [0.15, 0.2) is 66.7 Å². The minimum atomic E-state index is 0.102. The number of methoxy groups -OCH3 is 1. The second-order valence-electron chi connectivity index (χ2n) is 11.3. The molecule has 0 radical (unpaired) electrons. The molecule has 238 valence electrons. The van der Waals surface area contributed by atoms with Crippen molar-refractivity contribution in [1.29, 1.82) is 0 Å². The molecule has 3 aromatic rings. The molecule has 1 saturated heterocycles. The molecule has 2 unspecified atom stereocenters. The van der Waals surface area contributed by atoms with Gasteiger partial charge in [-0.25, -0.2) is 0 Å². The van der Waals surface area contributed by atoms with E-state index < -0.39 is 0 Å². The van der Waals surface area contributed by atoms with Crippen LogP contribution in [0.5, 0.6) is 17.2 Å². The molecule has 8 nitrogen and oxygen atoms in total. The first kappa shape index (κ1) is 32.1. The van der Waals surface area contributed by atoms with E-state index in [-0.39, 0.29) is 6.10 Å². The smallest absolute Gasteiger partial charge is 0.142 e. The van der Waals surface area contributed by atoms with Crippen molar-refractivity contribution in [3.63, 3.8) is 0 Å². The molecule has 1 fully saturated rings. The molecule has 0 bridgehead atoms. The normalized spacial score (nSPS) is 18.0. The first-order chi connectivity index (χ1) is 21.7. The van der Waals surface area contributed by atoms with Crippen LogP contribution in [-0.2, 0) is 27.4 Å². The summed E-state index contributed by atoms with van der Waals surface area (Å²) in [5.41, 5.74) is 4.68. The zero-order valence-corrected chi connectivity index (χ0v) is 26.3. The van der Waals surface area contributed by atoms with Crippen molar-refractivity contribution in [3.05, 3.63) is 83.4 Å². The predicted octanol–water partition coefficient (Wildman–Crippen LogP) is 5.97. The molecule has 2 aliphatic rings. The highest BCUT2D eigenvalue weighted by Crippen LogP contribution is 2.34. The fourth-order valence-electron chi connectivity index (χ4n) is 5.90. The Kier molecular flexibility index (Phi) is 12.6. The number of nitrogens with zero attached hydrogens (tertiary/aromatic N) is 1. The van der Waals surface area contributed by atoms with Gasteiger partial charge in [-0.2, -0.15) is 0 Å². The van der Waals surface area contributed by atoms with Gasteiger partial charge < -0.3 is 38.6 Å².